The molecule has 110 valence electrons. The highest BCUT2D eigenvalue weighted by Crippen LogP contribution is 2.06. The molecule has 0 saturated carbocycles. The molecule has 6 nitrogen and oxygen atoms in total. The molecule has 0 aliphatic heterocycles. The third-order valence-corrected chi connectivity index (χ3v) is 2.38. The Balaban J connectivity index is 2.58. The quantitative estimate of drug-likeness (QED) is 0.865. The third-order valence-electron chi connectivity index (χ3n) is 2.06. The van der Waals surface area contributed by atoms with Gasteiger partial charge < -0.3 is 14.9 Å². The molecule has 1 heterocycles. The van der Waals surface area contributed by atoms with Crippen molar-refractivity contribution in [1.82, 2.24) is 10.0 Å². The molecule has 0 unspecified atom stereocenters. The zero-order valence-corrected chi connectivity index (χ0v) is 12.7. The first-order chi connectivity index (χ1) is 9.19. The molecule has 0 saturated heterocycles. The highest BCUT2D eigenvalue weighted by Gasteiger charge is 2.22. The second kappa shape index (κ2) is 6.51. The lowest BCUT2D eigenvalue weighted by molar-refractivity contribution is -0.146. The van der Waals surface area contributed by atoms with E-state index < -0.39 is 23.7 Å². The third kappa shape index (κ3) is 5.40. The molecule has 0 radical (unpaired) electrons. The molecule has 0 aliphatic rings. The summed E-state index contributed by atoms with van der Waals surface area (Å²) in [6, 6.07) is 4.17. The molecule has 0 fully saturated rings. The first-order valence-corrected chi connectivity index (χ1v) is 6.49. The van der Waals surface area contributed by atoms with Crippen LogP contribution in [0.5, 0.6) is 0 Å². The van der Waals surface area contributed by atoms with E-state index in [1.807, 2.05) is 0 Å². The number of nitrogens with zero attached hydrogens (tertiary/aromatic N) is 1. The topological polar surface area (TPSA) is 69.6 Å². The van der Waals surface area contributed by atoms with E-state index in [4.69, 9.17) is 21.8 Å². The summed E-state index contributed by atoms with van der Waals surface area (Å²) in [7, 11) is 0. The summed E-state index contributed by atoms with van der Waals surface area (Å²) in [4.78, 5) is 28.4. The van der Waals surface area contributed by atoms with Crippen molar-refractivity contribution in [2.24, 2.45) is 0 Å². The van der Waals surface area contributed by atoms with Gasteiger partial charge in [-0.05, 0) is 39.8 Å². The highest BCUT2D eigenvalue weighted by atomic mass is 32.1. The van der Waals surface area contributed by atoms with E-state index in [2.05, 4.69) is 5.32 Å². The number of amides is 1. The van der Waals surface area contributed by atoms with Gasteiger partial charge in [0.15, 0.2) is 0 Å². The maximum atomic E-state index is 11.8. The van der Waals surface area contributed by atoms with Crippen molar-refractivity contribution in [1.29, 1.82) is 0 Å². The lowest BCUT2D eigenvalue weighted by Crippen LogP contribution is -2.44. The Morgan fingerprint density at radius 3 is 2.55 bits per heavy atom. The second-order valence-corrected chi connectivity index (χ2v) is 5.56. The first kappa shape index (κ1) is 16.2. The Hall–Kier alpha value is -1.89. The predicted molar refractivity (Wildman–Crippen MR) is 75.7 cm³/mol. The summed E-state index contributed by atoms with van der Waals surface area (Å²) < 4.78 is 6.56. The number of hydrogen-bond donors (Lipinski definition) is 1. The number of aromatic nitrogens is 1. The van der Waals surface area contributed by atoms with Gasteiger partial charge in [0, 0.05) is 6.20 Å². The molecule has 1 aromatic rings. The average molecular weight is 298 g/mol. The second-order valence-electron chi connectivity index (χ2n) is 5.14. The summed E-state index contributed by atoms with van der Waals surface area (Å²) in [5, 5.41) is 2.39. The summed E-state index contributed by atoms with van der Waals surface area (Å²) in [6.45, 7) is 6.70. The van der Waals surface area contributed by atoms with Gasteiger partial charge in [0.25, 0.3) is 0 Å². The number of ether oxygens (including phenoxy) is 1. The van der Waals surface area contributed by atoms with Crippen LogP contribution in [-0.2, 0) is 9.53 Å². The van der Waals surface area contributed by atoms with Gasteiger partial charge in [0.05, 0.1) is 0 Å². The van der Waals surface area contributed by atoms with Crippen LogP contribution in [0.1, 0.15) is 27.7 Å². The fourth-order valence-electron chi connectivity index (χ4n) is 1.21. The van der Waals surface area contributed by atoms with E-state index in [0.717, 1.165) is 4.73 Å². The van der Waals surface area contributed by atoms with Crippen LogP contribution >= 0.6 is 12.2 Å². The zero-order valence-electron chi connectivity index (χ0n) is 11.9. The first-order valence-electron chi connectivity index (χ1n) is 6.08. The van der Waals surface area contributed by atoms with Crippen molar-refractivity contribution in [2.75, 3.05) is 0 Å². The number of pyridine rings is 1. The summed E-state index contributed by atoms with van der Waals surface area (Å²) in [5.74, 6) is -0.641. The van der Waals surface area contributed by atoms with Gasteiger partial charge in [0.1, 0.15) is 16.3 Å². The van der Waals surface area contributed by atoms with E-state index >= 15 is 0 Å². The maximum absolute atomic E-state index is 11.8. The van der Waals surface area contributed by atoms with E-state index in [-0.39, 0.29) is 0 Å². The number of carbonyl (C=O) groups is 2. The van der Waals surface area contributed by atoms with Crippen molar-refractivity contribution >= 4 is 24.3 Å². The number of hydrogen-bond acceptors (Lipinski definition) is 5. The van der Waals surface area contributed by atoms with Gasteiger partial charge in [-0.15, -0.1) is 0 Å². The fraction of sp³-hybridized carbons (Fsp3) is 0.462. The number of rotatable bonds is 3. The molecule has 20 heavy (non-hydrogen) atoms. The van der Waals surface area contributed by atoms with E-state index in [1.165, 1.54) is 13.1 Å². The molecule has 1 N–H and O–H groups in total. The Labute approximate surface area is 122 Å². The van der Waals surface area contributed by atoms with Crippen molar-refractivity contribution < 1.29 is 19.2 Å². The Morgan fingerprint density at radius 1 is 1.35 bits per heavy atom. The van der Waals surface area contributed by atoms with Crippen LogP contribution in [0.15, 0.2) is 24.4 Å². The molecule has 7 heteroatoms. The Morgan fingerprint density at radius 2 is 2.00 bits per heavy atom. The minimum atomic E-state index is -0.855. The van der Waals surface area contributed by atoms with Crippen molar-refractivity contribution in [2.45, 2.75) is 39.3 Å². The normalized spacial score (nSPS) is 12.4. The summed E-state index contributed by atoms with van der Waals surface area (Å²) >= 11 is 4.99. The standard InChI is InChI=1S/C13H18N2O4S/c1-9(14-12(17)18-13(2,3)4)11(16)19-15-8-6-5-7-10(15)20/h5-9H,1-4H3,(H,14,17)/t9-/m0/s1. The average Bonchev–Trinajstić information content (AvgIpc) is 2.29. The molecular weight excluding hydrogens is 280 g/mol. The van der Waals surface area contributed by atoms with Gasteiger partial charge in [0.2, 0.25) is 0 Å². The summed E-state index contributed by atoms with van der Waals surface area (Å²) in [6.07, 6.45) is 0.832. The summed E-state index contributed by atoms with van der Waals surface area (Å²) in [5.41, 5.74) is -0.629. The van der Waals surface area contributed by atoms with Gasteiger partial charge in [-0.25, -0.2) is 9.59 Å². The minimum Gasteiger partial charge on any atom is -0.444 e. The molecule has 1 atom stereocenters. The molecule has 1 aromatic heterocycles. The van der Waals surface area contributed by atoms with Crippen LogP contribution in [0, 0.1) is 4.64 Å². The largest absolute Gasteiger partial charge is 0.444 e. The van der Waals surface area contributed by atoms with Crippen LogP contribution in [0.2, 0.25) is 0 Å². The van der Waals surface area contributed by atoms with E-state index in [0.29, 0.717) is 4.64 Å². The van der Waals surface area contributed by atoms with Gasteiger partial charge in [-0.1, -0.05) is 18.3 Å². The number of nitrogens with one attached hydrogen (secondary N) is 1. The number of alkyl carbamates (subject to hydrolysis) is 1. The highest BCUT2D eigenvalue weighted by molar-refractivity contribution is 7.71. The van der Waals surface area contributed by atoms with Crippen LogP contribution in [0.4, 0.5) is 4.79 Å². The Kier molecular flexibility index (Phi) is 5.26. The van der Waals surface area contributed by atoms with E-state index in [1.54, 1.807) is 39.0 Å². The van der Waals surface area contributed by atoms with Crippen molar-refractivity contribution in [3.05, 3.63) is 29.0 Å². The molecule has 0 spiro atoms. The Bertz CT molecular complexity index is 548. The zero-order chi connectivity index (χ0) is 15.3. The van der Waals surface area contributed by atoms with Crippen LogP contribution in [0.25, 0.3) is 0 Å². The molecular formula is C13H18N2O4S. The van der Waals surface area contributed by atoms with Crippen molar-refractivity contribution in [3.63, 3.8) is 0 Å². The van der Waals surface area contributed by atoms with Crippen LogP contribution < -0.4 is 10.2 Å². The van der Waals surface area contributed by atoms with Crippen LogP contribution in [0.3, 0.4) is 0 Å². The van der Waals surface area contributed by atoms with E-state index in [9.17, 15) is 9.59 Å². The van der Waals surface area contributed by atoms with Gasteiger partial charge in [-0.3, -0.25) is 0 Å². The lowest BCUT2D eigenvalue weighted by atomic mass is 10.2. The molecule has 0 bridgehead atoms. The van der Waals surface area contributed by atoms with Gasteiger partial charge in [-0.2, -0.15) is 4.73 Å². The smallest absolute Gasteiger partial charge is 0.408 e. The van der Waals surface area contributed by atoms with Crippen LogP contribution in [-0.4, -0.2) is 28.4 Å². The van der Waals surface area contributed by atoms with Crippen molar-refractivity contribution in [3.8, 4) is 0 Å². The molecule has 1 amide bonds. The lowest BCUT2D eigenvalue weighted by Gasteiger charge is -2.21. The SMILES string of the molecule is C[C@H](NC(=O)OC(C)(C)C)C(=O)On1ccccc1=S. The molecule has 1 rings (SSSR count). The maximum Gasteiger partial charge on any atom is 0.408 e. The number of carbonyl (C=O) groups excluding carboxylic acids is 2. The molecule has 0 aliphatic carbocycles. The van der Waals surface area contributed by atoms with Gasteiger partial charge >= 0.3 is 12.1 Å². The fourth-order valence-corrected chi connectivity index (χ4v) is 1.38. The monoisotopic (exact) mass is 298 g/mol. The molecule has 0 aromatic carbocycles. The predicted octanol–water partition coefficient (Wildman–Crippen LogP) is 2.09. The minimum absolute atomic E-state index is 0.352.